The van der Waals surface area contributed by atoms with Crippen LogP contribution in [0.5, 0.6) is 0 Å². The summed E-state index contributed by atoms with van der Waals surface area (Å²) in [5, 5.41) is 12.6. The predicted octanol–water partition coefficient (Wildman–Crippen LogP) is 1.86. The first-order valence-electron chi connectivity index (χ1n) is 7.90. The Kier molecular flexibility index (Phi) is 5.93. The lowest BCUT2D eigenvalue weighted by Gasteiger charge is -2.42. The minimum atomic E-state index is 0.303. The number of piperidine rings is 1. The van der Waals surface area contributed by atoms with E-state index in [1.54, 1.807) is 0 Å². The van der Waals surface area contributed by atoms with Crippen LogP contribution in [0.2, 0.25) is 0 Å². The van der Waals surface area contributed by atoms with Crippen molar-refractivity contribution in [1.29, 1.82) is 0 Å². The standard InChI is InChI=1S/C15H30N2O/c1-2-16-15(8-10-18)12-17-9-7-13-5-3-4-6-14(13)11-17/h13-16,18H,2-12H2,1H3. The SMILES string of the molecule is CCNC(CCO)CN1CCC2CCCCC2C1. The van der Waals surface area contributed by atoms with Gasteiger partial charge in [0.15, 0.2) is 0 Å². The van der Waals surface area contributed by atoms with Gasteiger partial charge in [0, 0.05) is 25.7 Å². The highest BCUT2D eigenvalue weighted by Crippen LogP contribution is 2.35. The molecule has 3 unspecified atom stereocenters. The quantitative estimate of drug-likeness (QED) is 0.759. The van der Waals surface area contributed by atoms with E-state index in [-0.39, 0.29) is 0 Å². The third-order valence-electron chi connectivity index (χ3n) is 4.82. The van der Waals surface area contributed by atoms with Crippen LogP contribution in [-0.4, -0.2) is 48.8 Å². The van der Waals surface area contributed by atoms with Crippen LogP contribution >= 0.6 is 0 Å². The molecule has 1 aliphatic carbocycles. The highest BCUT2D eigenvalue weighted by Gasteiger charge is 2.31. The van der Waals surface area contributed by atoms with Gasteiger partial charge < -0.3 is 15.3 Å². The van der Waals surface area contributed by atoms with Gasteiger partial charge in [-0.3, -0.25) is 0 Å². The third-order valence-corrected chi connectivity index (χ3v) is 4.82. The van der Waals surface area contributed by atoms with Crippen LogP contribution < -0.4 is 5.32 Å². The molecule has 0 aromatic rings. The number of hydrogen-bond donors (Lipinski definition) is 2. The summed E-state index contributed by atoms with van der Waals surface area (Å²) in [5.74, 6) is 1.98. The summed E-state index contributed by atoms with van der Waals surface area (Å²) in [6.45, 7) is 7.16. The monoisotopic (exact) mass is 254 g/mol. The van der Waals surface area contributed by atoms with Crippen LogP contribution in [0.15, 0.2) is 0 Å². The van der Waals surface area contributed by atoms with E-state index in [1.807, 2.05) is 0 Å². The zero-order valence-corrected chi connectivity index (χ0v) is 11.9. The van der Waals surface area contributed by atoms with E-state index in [9.17, 15) is 0 Å². The number of aliphatic hydroxyl groups excluding tert-OH is 1. The Morgan fingerprint density at radius 1 is 1.22 bits per heavy atom. The van der Waals surface area contributed by atoms with Crippen LogP contribution in [0.3, 0.4) is 0 Å². The van der Waals surface area contributed by atoms with Crippen LogP contribution in [0.25, 0.3) is 0 Å². The molecular weight excluding hydrogens is 224 g/mol. The van der Waals surface area contributed by atoms with E-state index < -0.39 is 0 Å². The summed E-state index contributed by atoms with van der Waals surface area (Å²) in [4.78, 5) is 2.63. The second-order valence-corrected chi connectivity index (χ2v) is 6.12. The van der Waals surface area contributed by atoms with Crippen molar-refractivity contribution in [3.63, 3.8) is 0 Å². The van der Waals surface area contributed by atoms with E-state index in [1.165, 1.54) is 45.2 Å². The van der Waals surface area contributed by atoms with E-state index in [0.29, 0.717) is 12.6 Å². The van der Waals surface area contributed by atoms with Crippen molar-refractivity contribution >= 4 is 0 Å². The van der Waals surface area contributed by atoms with Gasteiger partial charge in [0.25, 0.3) is 0 Å². The largest absolute Gasteiger partial charge is 0.396 e. The molecule has 0 bridgehead atoms. The molecule has 0 spiro atoms. The second-order valence-electron chi connectivity index (χ2n) is 6.12. The molecule has 3 atom stereocenters. The molecular formula is C15H30N2O. The minimum Gasteiger partial charge on any atom is -0.396 e. The van der Waals surface area contributed by atoms with Gasteiger partial charge in [-0.25, -0.2) is 0 Å². The molecule has 1 saturated heterocycles. The van der Waals surface area contributed by atoms with Crippen molar-refractivity contribution < 1.29 is 5.11 Å². The van der Waals surface area contributed by atoms with Crippen molar-refractivity contribution in [3.8, 4) is 0 Å². The molecule has 2 aliphatic rings. The lowest BCUT2D eigenvalue weighted by molar-refractivity contribution is 0.0772. The molecule has 1 saturated carbocycles. The molecule has 18 heavy (non-hydrogen) atoms. The summed E-state index contributed by atoms with van der Waals surface area (Å²) < 4.78 is 0. The number of likely N-dealkylation sites (N-methyl/N-ethyl adjacent to an activating group) is 1. The minimum absolute atomic E-state index is 0.303. The predicted molar refractivity (Wildman–Crippen MR) is 75.7 cm³/mol. The topological polar surface area (TPSA) is 35.5 Å². The Balaban J connectivity index is 1.78. The van der Waals surface area contributed by atoms with E-state index >= 15 is 0 Å². The summed E-state index contributed by atoms with van der Waals surface area (Å²) >= 11 is 0. The van der Waals surface area contributed by atoms with Gasteiger partial charge in [-0.15, -0.1) is 0 Å². The smallest absolute Gasteiger partial charge is 0.0446 e. The Labute approximate surface area is 112 Å². The average Bonchev–Trinajstić information content (AvgIpc) is 2.39. The number of nitrogens with zero attached hydrogens (tertiary/aromatic N) is 1. The zero-order chi connectivity index (χ0) is 12.8. The maximum atomic E-state index is 9.12. The first kappa shape index (κ1) is 14.3. The molecule has 2 fully saturated rings. The molecule has 106 valence electrons. The summed E-state index contributed by atoms with van der Waals surface area (Å²) in [7, 11) is 0. The van der Waals surface area contributed by atoms with Crippen molar-refractivity contribution in [2.24, 2.45) is 11.8 Å². The number of hydrogen-bond acceptors (Lipinski definition) is 3. The Bertz CT molecular complexity index is 229. The zero-order valence-electron chi connectivity index (χ0n) is 11.9. The molecule has 3 nitrogen and oxygen atoms in total. The maximum Gasteiger partial charge on any atom is 0.0446 e. The Morgan fingerprint density at radius 2 is 2.00 bits per heavy atom. The fourth-order valence-electron chi connectivity index (χ4n) is 3.86. The normalized spacial score (nSPS) is 31.0. The number of likely N-dealkylation sites (tertiary alicyclic amines) is 1. The van der Waals surface area contributed by atoms with Crippen LogP contribution in [0.4, 0.5) is 0 Å². The average molecular weight is 254 g/mol. The number of aliphatic hydroxyl groups is 1. The molecule has 0 radical (unpaired) electrons. The van der Waals surface area contributed by atoms with Gasteiger partial charge in [0.1, 0.15) is 0 Å². The summed E-state index contributed by atoms with van der Waals surface area (Å²) in [5.41, 5.74) is 0. The van der Waals surface area contributed by atoms with Crippen molar-refractivity contribution in [3.05, 3.63) is 0 Å². The highest BCUT2D eigenvalue weighted by atomic mass is 16.3. The van der Waals surface area contributed by atoms with Crippen molar-refractivity contribution in [2.45, 2.75) is 51.5 Å². The van der Waals surface area contributed by atoms with E-state index in [2.05, 4.69) is 17.1 Å². The fraction of sp³-hybridized carbons (Fsp3) is 1.00. The van der Waals surface area contributed by atoms with Crippen molar-refractivity contribution in [2.75, 3.05) is 32.8 Å². The van der Waals surface area contributed by atoms with E-state index in [4.69, 9.17) is 5.11 Å². The molecule has 2 rings (SSSR count). The number of nitrogens with one attached hydrogen (secondary N) is 1. The molecule has 3 heteroatoms. The molecule has 0 aromatic carbocycles. The lowest BCUT2D eigenvalue weighted by atomic mass is 9.75. The Morgan fingerprint density at radius 3 is 2.72 bits per heavy atom. The molecule has 2 N–H and O–H groups in total. The van der Waals surface area contributed by atoms with Gasteiger partial charge in [-0.2, -0.15) is 0 Å². The lowest BCUT2D eigenvalue weighted by Crippen LogP contribution is -2.48. The number of fused-ring (bicyclic) bond motifs is 1. The molecule has 1 aliphatic heterocycles. The highest BCUT2D eigenvalue weighted by molar-refractivity contribution is 4.85. The first-order chi connectivity index (χ1) is 8.83. The molecule has 1 heterocycles. The fourth-order valence-corrected chi connectivity index (χ4v) is 3.86. The second kappa shape index (κ2) is 7.46. The van der Waals surface area contributed by atoms with Gasteiger partial charge >= 0.3 is 0 Å². The van der Waals surface area contributed by atoms with Gasteiger partial charge in [-0.1, -0.05) is 26.2 Å². The van der Waals surface area contributed by atoms with Crippen LogP contribution in [0.1, 0.15) is 45.4 Å². The summed E-state index contributed by atoms with van der Waals surface area (Å²) in [6.07, 6.45) is 8.13. The van der Waals surface area contributed by atoms with Gasteiger partial charge in [-0.05, 0) is 44.2 Å². The third kappa shape index (κ3) is 3.94. The number of rotatable bonds is 6. The van der Waals surface area contributed by atoms with Crippen LogP contribution in [-0.2, 0) is 0 Å². The maximum absolute atomic E-state index is 9.12. The Hall–Kier alpha value is -0.120. The van der Waals surface area contributed by atoms with Gasteiger partial charge in [0.05, 0.1) is 0 Å². The molecule has 0 amide bonds. The van der Waals surface area contributed by atoms with E-state index in [0.717, 1.165) is 31.3 Å². The first-order valence-corrected chi connectivity index (χ1v) is 7.90. The van der Waals surface area contributed by atoms with Crippen LogP contribution in [0, 0.1) is 11.8 Å². The van der Waals surface area contributed by atoms with Crippen molar-refractivity contribution in [1.82, 2.24) is 10.2 Å². The van der Waals surface area contributed by atoms with Gasteiger partial charge in [0.2, 0.25) is 0 Å². The molecule has 0 aromatic heterocycles. The summed E-state index contributed by atoms with van der Waals surface area (Å²) in [6, 6.07) is 0.472.